The van der Waals surface area contributed by atoms with Gasteiger partial charge in [0.2, 0.25) is 0 Å². The highest BCUT2D eigenvalue weighted by molar-refractivity contribution is 5.73. The molecule has 132 valence electrons. The van der Waals surface area contributed by atoms with Crippen LogP contribution in [0.3, 0.4) is 0 Å². The molecule has 2 aliphatic rings. The highest BCUT2D eigenvalue weighted by Gasteiger charge is 2.31. The topological polar surface area (TPSA) is 77.5 Å². The van der Waals surface area contributed by atoms with E-state index < -0.39 is 5.60 Å². The summed E-state index contributed by atoms with van der Waals surface area (Å²) < 4.78 is 0. The summed E-state index contributed by atoms with van der Waals surface area (Å²) in [5, 5.41) is 15.9. The maximum Gasteiger partial charge on any atom is 0.315 e. The number of rotatable bonds is 5. The lowest BCUT2D eigenvalue weighted by molar-refractivity contribution is 0.0501. The normalized spacial score (nSPS) is 20.0. The van der Waals surface area contributed by atoms with E-state index >= 15 is 0 Å². The van der Waals surface area contributed by atoms with E-state index in [0.29, 0.717) is 13.1 Å². The van der Waals surface area contributed by atoms with Gasteiger partial charge in [-0.25, -0.2) is 9.78 Å². The van der Waals surface area contributed by atoms with Crippen LogP contribution in [0.2, 0.25) is 0 Å². The zero-order valence-corrected chi connectivity index (χ0v) is 14.3. The standard InChI is InChI=1S/C18H28N4O2/c23-17(21-14-18(24)7-2-3-8-18)20-13-15-6-9-19-16(12-15)22-10-4-1-5-11-22/h6,9,12,24H,1-5,7-8,10-11,13-14H2,(H2,20,21,23). The second kappa shape index (κ2) is 7.83. The maximum atomic E-state index is 11.9. The zero-order chi connectivity index (χ0) is 16.8. The third-order valence-electron chi connectivity index (χ3n) is 5.06. The Morgan fingerprint density at radius 3 is 2.67 bits per heavy atom. The Hall–Kier alpha value is -1.82. The lowest BCUT2D eigenvalue weighted by atomic mass is 10.0. The summed E-state index contributed by atoms with van der Waals surface area (Å²) in [6, 6.07) is 3.75. The minimum atomic E-state index is -0.713. The second-order valence-electron chi connectivity index (χ2n) is 7.04. The van der Waals surface area contributed by atoms with Crippen molar-refractivity contribution in [2.24, 2.45) is 0 Å². The van der Waals surface area contributed by atoms with Crippen LogP contribution < -0.4 is 15.5 Å². The van der Waals surface area contributed by atoms with Crippen LogP contribution in [-0.2, 0) is 6.54 Å². The summed E-state index contributed by atoms with van der Waals surface area (Å²) in [6.45, 7) is 2.91. The molecule has 0 bridgehead atoms. The van der Waals surface area contributed by atoms with Crippen molar-refractivity contribution in [2.75, 3.05) is 24.5 Å². The smallest absolute Gasteiger partial charge is 0.315 e. The first-order valence-corrected chi connectivity index (χ1v) is 9.09. The minimum Gasteiger partial charge on any atom is -0.388 e. The lowest BCUT2D eigenvalue weighted by Gasteiger charge is -2.28. The average Bonchev–Trinajstić information content (AvgIpc) is 3.06. The summed E-state index contributed by atoms with van der Waals surface area (Å²) in [5.74, 6) is 0.995. The first-order chi connectivity index (χ1) is 11.6. The van der Waals surface area contributed by atoms with Gasteiger partial charge in [0.15, 0.2) is 0 Å². The van der Waals surface area contributed by atoms with Crippen molar-refractivity contribution in [3.63, 3.8) is 0 Å². The number of anilines is 1. The number of hydrogen-bond acceptors (Lipinski definition) is 4. The number of urea groups is 1. The monoisotopic (exact) mass is 332 g/mol. The van der Waals surface area contributed by atoms with Crippen molar-refractivity contribution in [1.29, 1.82) is 0 Å². The molecular weight excluding hydrogens is 304 g/mol. The SMILES string of the molecule is O=C(NCc1ccnc(N2CCCCC2)c1)NCC1(O)CCCC1. The second-order valence-corrected chi connectivity index (χ2v) is 7.04. The fourth-order valence-corrected chi connectivity index (χ4v) is 3.57. The van der Waals surface area contributed by atoms with Crippen molar-refractivity contribution in [2.45, 2.75) is 57.1 Å². The van der Waals surface area contributed by atoms with Crippen LogP contribution in [0.4, 0.5) is 10.6 Å². The maximum absolute atomic E-state index is 11.9. The molecule has 1 aromatic rings. The quantitative estimate of drug-likeness (QED) is 0.772. The number of pyridine rings is 1. The van der Waals surface area contributed by atoms with Crippen LogP contribution in [-0.4, -0.2) is 41.4 Å². The van der Waals surface area contributed by atoms with Crippen molar-refractivity contribution in [3.8, 4) is 0 Å². The number of nitrogens with one attached hydrogen (secondary N) is 2. The Balaban J connectivity index is 1.46. The van der Waals surface area contributed by atoms with E-state index in [-0.39, 0.29) is 6.03 Å². The molecule has 0 aromatic carbocycles. The van der Waals surface area contributed by atoms with Gasteiger partial charge in [-0.05, 0) is 49.8 Å². The van der Waals surface area contributed by atoms with E-state index in [4.69, 9.17) is 0 Å². The van der Waals surface area contributed by atoms with Gasteiger partial charge < -0.3 is 20.6 Å². The highest BCUT2D eigenvalue weighted by Crippen LogP contribution is 2.28. The molecule has 2 heterocycles. The molecule has 3 rings (SSSR count). The van der Waals surface area contributed by atoms with Gasteiger partial charge in [-0.15, -0.1) is 0 Å². The summed E-state index contributed by atoms with van der Waals surface area (Å²) in [6.07, 6.45) is 9.16. The summed E-state index contributed by atoms with van der Waals surface area (Å²) in [5.41, 5.74) is 0.329. The fourth-order valence-electron chi connectivity index (χ4n) is 3.57. The van der Waals surface area contributed by atoms with Crippen molar-refractivity contribution >= 4 is 11.8 Å². The third-order valence-corrected chi connectivity index (χ3v) is 5.06. The van der Waals surface area contributed by atoms with Crippen LogP contribution in [0.15, 0.2) is 18.3 Å². The van der Waals surface area contributed by atoms with Gasteiger partial charge in [0.05, 0.1) is 5.60 Å². The lowest BCUT2D eigenvalue weighted by Crippen LogP contribution is -2.44. The van der Waals surface area contributed by atoms with Crippen molar-refractivity contribution in [1.82, 2.24) is 15.6 Å². The van der Waals surface area contributed by atoms with E-state index in [0.717, 1.165) is 50.2 Å². The number of hydrogen-bond donors (Lipinski definition) is 3. The molecule has 6 nitrogen and oxygen atoms in total. The number of aromatic nitrogens is 1. The molecule has 24 heavy (non-hydrogen) atoms. The highest BCUT2D eigenvalue weighted by atomic mass is 16.3. The molecule has 0 spiro atoms. The predicted molar refractivity (Wildman–Crippen MR) is 94.0 cm³/mol. The van der Waals surface area contributed by atoms with Crippen LogP contribution in [0, 0.1) is 0 Å². The third kappa shape index (κ3) is 4.60. The first kappa shape index (κ1) is 17.0. The molecule has 1 aromatic heterocycles. The van der Waals surface area contributed by atoms with Gasteiger partial charge in [0, 0.05) is 32.4 Å². The van der Waals surface area contributed by atoms with Crippen LogP contribution >= 0.6 is 0 Å². The van der Waals surface area contributed by atoms with Crippen LogP contribution in [0.1, 0.15) is 50.5 Å². The minimum absolute atomic E-state index is 0.230. The molecule has 2 amide bonds. The number of aliphatic hydroxyl groups is 1. The van der Waals surface area contributed by atoms with Gasteiger partial charge in [-0.3, -0.25) is 0 Å². The number of carbonyl (C=O) groups excluding carboxylic acids is 1. The summed E-state index contributed by atoms with van der Waals surface area (Å²) >= 11 is 0. The molecule has 1 aliphatic carbocycles. The summed E-state index contributed by atoms with van der Waals surface area (Å²) in [7, 11) is 0. The van der Waals surface area contributed by atoms with Crippen LogP contribution in [0.5, 0.6) is 0 Å². The molecule has 3 N–H and O–H groups in total. The van der Waals surface area contributed by atoms with Crippen molar-refractivity contribution < 1.29 is 9.90 Å². The number of carbonyl (C=O) groups is 1. The van der Waals surface area contributed by atoms with Gasteiger partial charge in [0.25, 0.3) is 0 Å². The molecule has 2 fully saturated rings. The molecule has 1 saturated heterocycles. The number of amides is 2. The number of nitrogens with zero attached hydrogens (tertiary/aromatic N) is 2. The Labute approximate surface area is 143 Å². The summed E-state index contributed by atoms with van der Waals surface area (Å²) in [4.78, 5) is 18.7. The molecule has 0 atom stereocenters. The van der Waals surface area contributed by atoms with Gasteiger partial charge >= 0.3 is 6.03 Å². The number of piperidine rings is 1. The van der Waals surface area contributed by atoms with Crippen LogP contribution in [0.25, 0.3) is 0 Å². The van der Waals surface area contributed by atoms with Gasteiger partial charge in [0.1, 0.15) is 5.82 Å². The Kier molecular flexibility index (Phi) is 5.56. The molecule has 1 saturated carbocycles. The molecule has 0 radical (unpaired) electrons. The fraction of sp³-hybridized carbons (Fsp3) is 0.667. The Morgan fingerprint density at radius 2 is 1.92 bits per heavy atom. The van der Waals surface area contributed by atoms with E-state index in [1.54, 1.807) is 6.20 Å². The van der Waals surface area contributed by atoms with Crippen molar-refractivity contribution in [3.05, 3.63) is 23.9 Å². The Bertz CT molecular complexity index is 552. The Morgan fingerprint density at radius 1 is 1.17 bits per heavy atom. The largest absolute Gasteiger partial charge is 0.388 e. The van der Waals surface area contributed by atoms with E-state index in [1.165, 1.54) is 19.3 Å². The molecule has 1 aliphatic heterocycles. The van der Waals surface area contributed by atoms with Gasteiger partial charge in [-0.2, -0.15) is 0 Å². The van der Waals surface area contributed by atoms with Gasteiger partial charge in [-0.1, -0.05) is 12.8 Å². The van der Waals surface area contributed by atoms with E-state index in [9.17, 15) is 9.90 Å². The van der Waals surface area contributed by atoms with E-state index in [1.807, 2.05) is 6.07 Å². The zero-order valence-electron chi connectivity index (χ0n) is 14.3. The first-order valence-electron chi connectivity index (χ1n) is 9.09. The van der Waals surface area contributed by atoms with E-state index in [2.05, 4.69) is 26.6 Å². The molecule has 0 unspecified atom stereocenters. The molecule has 6 heteroatoms. The molecular formula is C18H28N4O2. The average molecular weight is 332 g/mol. The predicted octanol–water partition coefficient (Wildman–Crippen LogP) is 2.18.